The monoisotopic (exact) mass is 432 g/mol. The van der Waals surface area contributed by atoms with Crippen molar-refractivity contribution in [2.75, 3.05) is 26.6 Å². The van der Waals surface area contributed by atoms with Crippen molar-refractivity contribution in [2.45, 2.75) is 12.8 Å². The van der Waals surface area contributed by atoms with Crippen LogP contribution in [0, 0.1) is 0 Å². The Bertz CT molecular complexity index is 1230. The molecule has 32 heavy (non-hydrogen) atoms. The van der Waals surface area contributed by atoms with E-state index in [2.05, 4.69) is 10.3 Å². The summed E-state index contributed by atoms with van der Waals surface area (Å²) in [4.78, 5) is 17.0. The molecule has 0 saturated heterocycles. The summed E-state index contributed by atoms with van der Waals surface area (Å²) < 4.78 is 21.6. The largest absolute Gasteiger partial charge is 0.497 e. The molecular weight excluding hydrogens is 408 g/mol. The van der Waals surface area contributed by atoms with Gasteiger partial charge in [0.1, 0.15) is 11.3 Å². The van der Waals surface area contributed by atoms with Crippen molar-refractivity contribution in [1.29, 1.82) is 0 Å². The molecule has 1 aromatic heterocycles. The van der Waals surface area contributed by atoms with Crippen molar-refractivity contribution < 1.29 is 23.4 Å². The lowest BCUT2D eigenvalue weighted by atomic mass is 10.1. The Kier molecular flexibility index (Phi) is 6.26. The molecule has 3 aromatic carbocycles. The molecule has 7 nitrogen and oxygen atoms in total. The van der Waals surface area contributed by atoms with E-state index in [9.17, 15) is 4.79 Å². The summed E-state index contributed by atoms with van der Waals surface area (Å²) in [5, 5.41) is 2.92. The topological polar surface area (TPSA) is 82.8 Å². The van der Waals surface area contributed by atoms with Gasteiger partial charge in [-0.25, -0.2) is 4.98 Å². The molecule has 0 aliphatic rings. The van der Waals surface area contributed by atoms with Gasteiger partial charge in [0.15, 0.2) is 17.1 Å². The Labute approximate surface area is 185 Å². The van der Waals surface area contributed by atoms with Gasteiger partial charge in [0.25, 0.3) is 0 Å². The van der Waals surface area contributed by atoms with Gasteiger partial charge in [-0.3, -0.25) is 4.79 Å². The fourth-order valence-electron chi connectivity index (χ4n) is 3.38. The van der Waals surface area contributed by atoms with Crippen molar-refractivity contribution in [3.8, 4) is 28.7 Å². The molecule has 0 atom stereocenters. The number of hydrogen-bond donors (Lipinski definition) is 1. The molecule has 4 aromatic rings. The molecule has 0 aliphatic heterocycles. The molecule has 0 bridgehead atoms. The maximum Gasteiger partial charge on any atom is 0.227 e. The third kappa shape index (κ3) is 4.67. The van der Waals surface area contributed by atoms with E-state index in [1.165, 1.54) is 0 Å². The highest BCUT2D eigenvalue weighted by molar-refractivity contribution is 5.93. The summed E-state index contributed by atoms with van der Waals surface area (Å²) in [6.45, 7) is 0. The number of aryl methyl sites for hydroxylation is 1. The summed E-state index contributed by atoms with van der Waals surface area (Å²) in [6, 6.07) is 18.6. The van der Waals surface area contributed by atoms with Gasteiger partial charge in [-0.05, 0) is 60.5 Å². The summed E-state index contributed by atoms with van der Waals surface area (Å²) in [6.07, 6.45) is 0.916. The van der Waals surface area contributed by atoms with Crippen molar-refractivity contribution in [1.82, 2.24) is 4.98 Å². The third-order valence-electron chi connectivity index (χ3n) is 5.10. The second kappa shape index (κ2) is 9.43. The standard InChI is InChI=1S/C25H24N2O5/c1-29-19-9-6-17(7-10-19)25-27-20-11-8-18(15-22(20)32-25)26-24(28)13-5-16-4-12-21(30-2)23(14-16)31-3/h4,6-12,14-15H,5,13H2,1-3H3,(H,26,28). The fraction of sp³-hybridized carbons (Fsp3) is 0.200. The predicted octanol–water partition coefficient (Wildman–Crippen LogP) is 5.09. The average molecular weight is 432 g/mol. The molecule has 4 rings (SSSR count). The Morgan fingerprint density at radius 1 is 0.906 bits per heavy atom. The minimum Gasteiger partial charge on any atom is -0.497 e. The second-order valence-corrected chi connectivity index (χ2v) is 7.17. The highest BCUT2D eigenvalue weighted by Crippen LogP contribution is 2.29. The van der Waals surface area contributed by atoms with E-state index in [-0.39, 0.29) is 5.91 Å². The molecule has 0 aliphatic carbocycles. The highest BCUT2D eigenvalue weighted by atomic mass is 16.5. The number of ether oxygens (including phenoxy) is 3. The number of carbonyl (C=O) groups is 1. The number of methoxy groups -OCH3 is 3. The van der Waals surface area contributed by atoms with Crippen LogP contribution in [0.5, 0.6) is 17.2 Å². The van der Waals surface area contributed by atoms with Crippen molar-refractivity contribution in [3.63, 3.8) is 0 Å². The zero-order valence-corrected chi connectivity index (χ0v) is 18.2. The maximum atomic E-state index is 12.5. The van der Waals surface area contributed by atoms with E-state index in [4.69, 9.17) is 18.6 Å². The third-order valence-corrected chi connectivity index (χ3v) is 5.10. The number of rotatable bonds is 8. The van der Waals surface area contributed by atoms with Gasteiger partial charge >= 0.3 is 0 Å². The molecule has 0 unspecified atom stereocenters. The van der Waals surface area contributed by atoms with E-state index in [1.54, 1.807) is 27.4 Å². The van der Waals surface area contributed by atoms with Crippen LogP contribution in [0.15, 0.2) is 65.1 Å². The molecule has 0 spiro atoms. The molecule has 0 radical (unpaired) electrons. The van der Waals surface area contributed by atoms with Gasteiger partial charge in [0.2, 0.25) is 11.8 Å². The number of nitrogens with zero attached hydrogens (tertiary/aromatic N) is 1. The van der Waals surface area contributed by atoms with Gasteiger partial charge in [0, 0.05) is 23.7 Å². The minimum absolute atomic E-state index is 0.0889. The normalized spacial score (nSPS) is 10.7. The van der Waals surface area contributed by atoms with Crippen LogP contribution in [0.3, 0.4) is 0 Å². The van der Waals surface area contributed by atoms with Crippen LogP contribution in [0.1, 0.15) is 12.0 Å². The van der Waals surface area contributed by atoms with Gasteiger partial charge in [0.05, 0.1) is 21.3 Å². The number of carbonyl (C=O) groups excluding carboxylic acids is 1. The zero-order valence-electron chi connectivity index (χ0n) is 18.2. The van der Waals surface area contributed by atoms with Gasteiger partial charge in [-0.2, -0.15) is 0 Å². The Balaban J connectivity index is 1.42. The first kappa shape index (κ1) is 21.2. The number of aromatic nitrogens is 1. The van der Waals surface area contributed by atoms with Crippen molar-refractivity contribution in [2.24, 2.45) is 0 Å². The summed E-state index contributed by atoms with van der Waals surface area (Å²) >= 11 is 0. The lowest BCUT2D eigenvalue weighted by Gasteiger charge is -2.09. The molecule has 0 fully saturated rings. The number of benzene rings is 3. The zero-order chi connectivity index (χ0) is 22.5. The van der Waals surface area contributed by atoms with E-state index in [1.807, 2.05) is 54.6 Å². The fourth-order valence-corrected chi connectivity index (χ4v) is 3.38. The van der Waals surface area contributed by atoms with E-state index in [0.717, 1.165) is 22.4 Å². The van der Waals surface area contributed by atoms with Crippen LogP contribution in [0.25, 0.3) is 22.6 Å². The number of anilines is 1. The predicted molar refractivity (Wildman–Crippen MR) is 122 cm³/mol. The van der Waals surface area contributed by atoms with Crippen LogP contribution in [-0.2, 0) is 11.2 Å². The quantitative estimate of drug-likeness (QED) is 0.418. The molecule has 7 heteroatoms. The smallest absolute Gasteiger partial charge is 0.227 e. The maximum absolute atomic E-state index is 12.5. The molecular formula is C25H24N2O5. The van der Waals surface area contributed by atoms with Gasteiger partial charge in [-0.1, -0.05) is 6.07 Å². The van der Waals surface area contributed by atoms with Crippen LogP contribution in [-0.4, -0.2) is 32.2 Å². The van der Waals surface area contributed by atoms with E-state index < -0.39 is 0 Å². The Morgan fingerprint density at radius 2 is 1.69 bits per heavy atom. The first-order valence-corrected chi connectivity index (χ1v) is 10.2. The first-order valence-electron chi connectivity index (χ1n) is 10.2. The molecule has 1 N–H and O–H groups in total. The summed E-state index contributed by atoms with van der Waals surface area (Å²) in [5.41, 5.74) is 3.83. The Hall–Kier alpha value is -4.00. The number of amides is 1. The number of hydrogen-bond acceptors (Lipinski definition) is 6. The van der Waals surface area contributed by atoms with Crippen LogP contribution in [0.2, 0.25) is 0 Å². The minimum atomic E-state index is -0.0889. The summed E-state index contributed by atoms with van der Waals surface area (Å²) in [7, 11) is 4.81. The van der Waals surface area contributed by atoms with Crippen LogP contribution < -0.4 is 19.5 Å². The number of nitrogens with one attached hydrogen (secondary N) is 1. The van der Waals surface area contributed by atoms with Crippen molar-refractivity contribution in [3.05, 3.63) is 66.2 Å². The molecule has 1 heterocycles. The second-order valence-electron chi connectivity index (χ2n) is 7.17. The molecule has 0 saturated carbocycles. The SMILES string of the molecule is COc1ccc(-c2nc3ccc(NC(=O)CCc4ccc(OC)c(OC)c4)cc3o2)cc1. The number of fused-ring (bicyclic) bond motifs is 1. The lowest BCUT2D eigenvalue weighted by Crippen LogP contribution is -2.12. The lowest BCUT2D eigenvalue weighted by molar-refractivity contribution is -0.116. The molecule has 164 valence electrons. The highest BCUT2D eigenvalue weighted by Gasteiger charge is 2.11. The summed E-state index contributed by atoms with van der Waals surface area (Å²) in [5.74, 6) is 2.50. The van der Waals surface area contributed by atoms with E-state index in [0.29, 0.717) is 41.5 Å². The van der Waals surface area contributed by atoms with Gasteiger partial charge in [-0.15, -0.1) is 0 Å². The van der Waals surface area contributed by atoms with Crippen LogP contribution >= 0.6 is 0 Å². The van der Waals surface area contributed by atoms with Crippen molar-refractivity contribution >= 4 is 22.7 Å². The molecule has 1 amide bonds. The van der Waals surface area contributed by atoms with E-state index >= 15 is 0 Å². The average Bonchev–Trinajstić information content (AvgIpc) is 3.26. The van der Waals surface area contributed by atoms with Gasteiger partial charge < -0.3 is 23.9 Å². The Morgan fingerprint density at radius 3 is 2.41 bits per heavy atom. The van der Waals surface area contributed by atoms with Crippen LogP contribution in [0.4, 0.5) is 5.69 Å². The first-order chi connectivity index (χ1) is 15.6. The number of oxazole rings is 1.